The number of carbonyl (C=O) groups excluding carboxylic acids is 3. The van der Waals surface area contributed by atoms with Crippen LogP contribution in [0.4, 0.5) is 11.4 Å². The zero-order valence-corrected chi connectivity index (χ0v) is 17.0. The van der Waals surface area contributed by atoms with Gasteiger partial charge in [-0.05, 0) is 41.5 Å². The van der Waals surface area contributed by atoms with Gasteiger partial charge >= 0.3 is 0 Å². The first-order valence-corrected chi connectivity index (χ1v) is 10.2. The Bertz CT molecular complexity index is 1180. The van der Waals surface area contributed by atoms with Crippen molar-refractivity contribution < 1.29 is 24.2 Å². The van der Waals surface area contributed by atoms with Gasteiger partial charge in [-0.3, -0.25) is 19.4 Å². The number of carbonyl (C=O) groups is 3. The maximum atomic E-state index is 13.0. The van der Waals surface area contributed by atoms with Crippen LogP contribution in [0.25, 0.3) is 0 Å². The van der Waals surface area contributed by atoms with Gasteiger partial charge in [0, 0.05) is 35.6 Å². The Hall–Kier alpha value is -3.76. The van der Waals surface area contributed by atoms with Gasteiger partial charge < -0.3 is 31.1 Å². The third kappa shape index (κ3) is 3.39. The number of aliphatic imine (C=N–C) groups is 1. The number of amides is 3. The Morgan fingerprint density at radius 2 is 2.06 bits per heavy atom. The second kappa shape index (κ2) is 7.74. The van der Waals surface area contributed by atoms with E-state index in [9.17, 15) is 19.5 Å². The second-order valence-corrected chi connectivity index (χ2v) is 7.81. The number of hydrogen-bond donors (Lipinski definition) is 4. The van der Waals surface area contributed by atoms with E-state index in [0.717, 1.165) is 16.7 Å². The Morgan fingerprint density at radius 3 is 2.91 bits per heavy atom. The van der Waals surface area contributed by atoms with E-state index in [1.807, 2.05) is 0 Å². The Morgan fingerprint density at radius 1 is 1.22 bits per heavy atom. The smallest absolute Gasteiger partial charge is 0.259 e. The summed E-state index contributed by atoms with van der Waals surface area (Å²) in [7, 11) is 0. The van der Waals surface area contributed by atoms with Gasteiger partial charge in [-0.15, -0.1) is 0 Å². The summed E-state index contributed by atoms with van der Waals surface area (Å²) in [6, 6.07) is 10.3. The number of nitrogens with one attached hydrogen (secondary N) is 2. The van der Waals surface area contributed by atoms with Gasteiger partial charge in [-0.25, -0.2) is 0 Å². The molecule has 0 aliphatic carbocycles. The van der Waals surface area contributed by atoms with Crippen molar-refractivity contribution in [3.63, 3.8) is 0 Å². The third-order valence-electron chi connectivity index (χ3n) is 5.83. The number of benzene rings is 2. The minimum atomic E-state index is -1.71. The lowest BCUT2D eigenvalue weighted by atomic mass is 10.1. The molecule has 3 aliphatic heterocycles. The van der Waals surface area contributed by atoms with Crippen LogP contribution >= 0.6 is 0 Å². The first-order valence-electron chi connectivity index (χ1n) is 10.2. The number of aliphatic hydroxyl groups excluding tert-OH is 1. The van der Waals surface area contributed by atoms with Crippen molar-refractivity contribution >= 4 is 34.9 Å². The molecular formula is C22H21N5O5. The van der Waals surface area contributed by atoms with Crippen molar-refractivity contribution in [1.29, 1.82) is 0 Å². The van der Waals surface area contributed by atoms with Crippen LogP contribution in [0.1, 0.15) is 27.0 Å². The number of rotatable bonds is 4. The molecule has 2 unspecified atom stereocenters. The maximum Gasteiger partial charge on any atom is 0.259 e. The fraction of sp³-hybridized carbons (Fsp3) is 0.273. The zero-order valence-electron chi connectivity index (χ0n) is 17.0. The molecule has 10 heteroatoms. The van der Waals surface area contributed by atoms with Gasteiger partial charge in [-0.1, -0.05) is 6.07 Å². The number of nitrogens with two attached hydrogens (primary N) is 1. The predicted octanol–water partition coefficient (Wildman–Crippen LogP) is -0.120. The minimum Gasteiger partial charge on any atom is -0.383 e. The molecule has 0 spiro atoms. The van der Waals surface area contributed by atoms with Crippen LogP contribution < -0.4 is 21.3 Å². The second-order valence-electron chi connectivity index (χ2n) is 7.81. The number of hydrogen-bond acceptors (Lipinski definition) is 7. The molecular weight excluding hydrogens is 414 g/mol. The molecule has 5 rings (SSSR count). The van der Waals surface area contributed by atoms with Crippen molar-refractivity contribution in [2.75, 3.05) is 23.4 Å². The van der Waals surface area contributed by atoms with E-state index in [-0.39, 0.29) is 19.1 Å². The lowest BCUT2D eigenvalue weighted by Crippen LogP contribution is -2.55. The van der Waals surface area contributed by atoms with Crippen LogP contribution in [0.3, 0.4) is 0 Å². The first-order chi connectivity index (χ1) is 15.4. The van der Waals surface area contributed by atoms with Gasteiger partial charge in [0.25, 0.3) is 17.7 Å². The molecule has 3 heterocycles. The molecule has 0 saturated carbocycles. The Balaban J connectivity index is 1.30. The van der Waals surface area contributed by atoms with E-state index in [1.54, 1.807) is 36.4 Å². The molecule has 32 heavy (non-hydrogen) atoms. The third-order valence-corrected chi connectivity index (χ3v) is 5.83. The summed E-state index contributed by atoms with van der Waals surface area (Å²) in [4.78, 5) is 43.2. The van der Waals surface area contributed by atoms with Gasteiger partial charge in [0.2, 0.25) is 0 Å². The normalized spacial score (nSPS) is 20.3. The SMILES string of the molecule is NC1=NCc2cc(NC(=O)C(O)C3OCCN(c4ccc5c(c4)C(=O)NC5)C3=O)ccc21. The van der Waals surface area contributed by atoms with Crippen LogP contribution in [0.5, 0.6) is 0 Å². The molecule has 0 radical (unpaired) electrons. The summed E-state index contributed by atoms with van der Waals surface area (Å²) in [6.07, 6.45) is -3.07. The van der Waals surface area contributed by atoms with Crippen LogP contribution in [-0.2, 0) is 27.4 Å². The average Bonchev–Trinajstić information content (AvgIpc) is 3.35. The zero-order chi connectivity index (χ0) is 22.4. The van der Waals surface area contributed by atoms with Crippen LogP contribution in [0, 0.1) is 0 Å². The highest BCUT2D eigenvalue weighted by atomic mass is 16.5. The highest BCUT2D eigenvalue weighted by Crippen LogP contribution is 2.26. The molecule has 0 aromatic heterocycles. The number of anilines is 2. The van der Waals surface area contributed by atoms with E-state index in [4.69, 9.17) is 10.5 Å². The summed E-state index contributed by atoms with van der Waals surface area (Å²) in [5.74, 6) is -1.05. The first kappa shape index (κ1) is 20.2. The van der Waals surface area contributed by atoms with Crippen LogP contribution in [0.15, 0.2) is 41.4 Å². The number of nitrogens with zero attached hydrogens (tertiary/aromatic N) is 2. The molecule has 164 valence electrons. The molecule has 2 aromatic rings. The molecule has 1 saturated heterocycles. The molecule has 2 aromatic carbocycles. The van der Waals surface area contributed by atoms with E-state index in [0.29, 0.717) is 35.9 Å². The number of fused-ring (bicyclic) bond motifs is 2. The minimum absolute atomic E-state index is 0.138. The van der Waals surface area contributed by atoms with Gasteiger partial charge in [0.15, 0.2) is 12.2 Å². The van der Waals surface area contributed by atoms with E-state index in [1.165, 1.54) is 4.90 Å². The molecule has 3 amide bonds. The maximum absolute atomic E-state index is 13.0. The monoisotopic (exact) mass is 435 g/mol. The quantitative estimate of drug-likeness (QED) is 0.527. The standard InChI is InChI=1S/C22H21N5O5/c23-19-15-4-2-13(7-12(15)10-24-19)26-21(30)17(28)18-22(31)27(5-6-32-18)14-3-1-11-9-25-20(29)16(11)8-14/h1-4,7-8,17-18,28H,5-6,9-10H2,(H2,23,24)(H,25,29)(H,26,30). The molecule has 10 nitrogen and oxygen atoms in total. The van der Waals surface area contributed by atoms with Crippen molar-refractivity contribution in [2.45, 2.75) is 25.3 Å². The van der Waals surface area contributed by atoms with Crippen molar-refractivity contribution in [1.82, 2.24) is 5.32 Å². The van der Waals surface area contributed by atoms with E-state index >= 15 is 0 Å². The predicted molar refractivity (Wildman–Crippen MR) is 115 cm³/mol. The summed E-state index contributed by atoms with van der Waals surface area (Å²) < 4.78 is 5.45. The summed E-state index contributed by atoms with van der Waals surface area (Å²) in [5.41, 5.74) is 9.83. The van der Waals surface area contributed by atoms with Crippen molar-refractivity contribution in [3.8, 4) is 0 Å². The summed E-state index contributed by atoms with van der Waals surface area (Å²) in [6.45, 7) is 1.26. The fourth-order valence-corrected chi connectivity index (χ4v) is 4.12. The lowest BCUT2D eigenvalue weighted by molar-refractivity contribution is -0.150. The number of amidine groups is 1. The van der Waals surface area contributed by atoms with E-state index < -0.39 is 24.0 Å². The summed E-state index contributed by atoms with van der Waals surface area (Å²) in [5, 5.41) is 15.9. The van der Waals surface area contributed by atoms with Gasteiger partial charge in [0.05, 0.1) is 13.2 Å². The van der Waals surface area contributed by atoms with Crippen LogP contribution in [-0.4, -0.2) is 54.0 Å². The number of aliphatic hydroxyl groups is 1. The Kier molecular flexibility index (Phi) is 4.87. The van der Waals surface area contributed by atoms with Gasteiger partial charge in [-0.2, -0.15) is 0 Å². The molecule has 5 N–H and O–H groups in total. The molecule has 3 aliphatic rings. The molecule has 0 bridgehead atoms. The number of morpholine rings is 1. The largest absolute Gasteiger partial charge is 0.383 e. The highest BCUT2D eigenvalue weighted by molar-refractivity contribution is 6.06. The highest BCUT2D eigenvalue weighted by Gasteiger charge is 2.39. The lowest BCUT2D eigenvalue weighted by Gasteiger charge is -2.34. The van der Waals surface area contributed by atoms with Crippen molar-refractivity contribution in [2.24, 2.45) is 10.7 Å². The Labute approximate surface area is 183 Å². The van der Waals surface area contributed by atoms with Gasteiger partial charge in [0.1, 0.15) is 5.84 Å². The molecule has 1 fully saturated rings. The number of ether oxygens (including phenoxy) is 1. The molecule has 2 atom stereocenters. The average molecular weight is 435 g/mol. The summed E-state index contributed by atoms with van der Waals surface area (Å²) >= 11 is 0. The van der Waals surface area contributed by atoms with Crippen molar-refractivity contribution in [3.05, 3.63) is 58.7 Å². The van der Waals surface area contributed by atoms with E-state index in [2.05, 4.69) is 15.6 Å². The fourth-order valence-electron chi connectivity index (χ4n) is 4.12. The van der Waals surface area contributed by atoms with Crippen LogP contribution in [0.2, 0.25) is 0 Å². The topological polar surface area (TPSA) is 146 Å².